The van der Waals surface area contributed by atoms with Crippen molar-refractivity contribution in [3.63, 3.8) is 0 Å². The quantitative estimate of drug-likeness (QED) is 0.620. The molecule has 1 saturated heterocycles. The van der Waals surface area contributed by atoms with E-state index in [1.807, 2.05) is 30.3 Å². The molecule has 1 aliphatic rings. The van der Waals surface area contributed by atoms with Crippen LogP contribution in [-0.2, 0) is 22.5 Å². The average Bonchev–Trinajstić information content (AvgIpc) is 3.40. The number of para-hydroxylation sites is 2. The Labute approximate surface area is 177 Å². The van der Waals surface area contributed by atoms with Gasteiger partial charge < -0.3 is 19.4 Å². The van der Waals surface area contributed by atoms with E-state index in [2.05, 4.69) is 35.9 Å². The van der Waals surface area contributed by atoms with Crippen LogP contribution in [0.15, 0.2) is 42.5 Å². The lowest BCUT2D eigenvalue weighted by Crippen LogP contribution is -2.35. The summed E-state index contributed by atoms with van der Waals surface area (Å²) in [4.78, 5) is 17.0. The molecule has 6 heteroatoms. The maximum atomic E-state index is 12.2. The van der Waals surface area contributed by atoms with Crippen molar-refractivity contribution in [2.24, 2.45) is 0 Å². The van der Waals surface area contributed by atoms with Gasteiger partial charge in [0, 0.05) is 19.6 Å². The predicted octanol–water partition coefficient (Wildman–Crippen LogP) is 3.57. The van der Waals surface area contributed by atoms with Crippen LogP contribution < -0.4 is 10.1 Å². The van der Waals surface area contributed by atoms with Gasteiger partial charge in [-0.1, -0.05) is 24.3 Å². The molecule has 4 rings (SSSR count). The minimum absolute atomic E-state index is 0.0200. The predicted molar refractivity (Wildman–Crippen MR) is 117 cm³/mol. The third-order valence-corrected chi connectivity index (χ3v) is 5.73. The van der Waals surface area contributed by atoms with Gasteiger partial charge >= 0.3 is 0 Å². The Morgan fingerprint density at radius 1 is 1.23 bits per heavy atom. The van der Waals surface area contributed by atoms with Crippen molar-refractivity contribution in [1.29, 1.82) is 0 Å². The van der Waals surface area contributed by atoms with Gasteiger partial charge in [-0.2, -0.15) is 0 Å². The van der Waals surface area contributed by atoms with E-state index in [4.69, 9.17) is 14.5 Å². The lowest BCUT2D eigenvalue weighted by atomic mass is 10.1. The van der Waals surface area contributed by atoms with Crippen LogP contribution in [0.4, 0.5) is 0 Å². The van der Waals surface area contributed by atoms with E-state index in [9.17, 15) is 4.79 Å². The summed E-state index contributed by atoms with van der Waals surface area (Å²) in [5.41, 5.74) is 4.44. The van der Waals surface area contributed by atoms with Gasteiger partial charge in [-0.25, -0.2) is 4.98 Å². The van der Waals surface area contributed by atoms with Crippen LogP contribution in [0.1, 0.15) is 29.8 Å². The third kappa shape index (κ3) is 4.49. The second kappa shape index (κ2) is 9.30. The highest BCUT2D eigenvalue weighted by Crippen LogP contribution is 2.21. The highest BCUT2D eigenvalue weighted by Gasteiger charge is 2.23. The first-order chi connectivity index (χ1) is 14.6. The van der Waals surface area contributed by atoms with E-state index in [-0.39, 0.29) is 12.0 Å². The summed E-state index contributed by atoms with van der Waals surface area (Å²) in [5, 5.41) is 2.99. The molecule has 0 aliphatic carbocycles. The first kappa shape index (κ1) is 20.4. The molecule has 2 aromatic carbocycles. The van der Waals surface area contributed by atoms with Gasteiger partial charge in [0.05, 0.1) is 17.6 Å². The van der Waals surface area contributed by atoms with E-state index < -0.39 is 0 Å². The first-order valence-electron chi connectivity index (χ1n) is 10.7. The van der Waals surface area contributed by atoms with E-state index in [0.717, 1.165) is 35.4 Å². The molecule has 30 heavy (non-hydrogen) atoms. The molecule has 1 unspecified atom stereocenters. The van der Waals surface area contributed by atoms with Crippen LogP contribution >= 0.6 is 0 Å². The van der Waals surface area contributed by atoms with Gasteiger partial charge in [0.2, 0.25) is 5.91 Å². The van der Waals surface area contributed by atoms with Crippen LogP contribution in [0.25, 0.3) is 11.0 Å². The highest BCUT2D eigenvalue weighted by molar-refractivity contribution is 5.81. The number of nitrogens with one attached hydrogen (secondary N) is 1. The second-order valence-corrected chi connectivity index (χ2v) is 7.76. The number of ether oxygens (including phenoxy) is 2. The van der Waals surface area contributed by atoms with Crippen molar-refractivity contribution in [1.82, 2.24) is 14.9 Å². The number of hydrogen-bond donors (Lipinski definition) is 1. The smallest absolute Gasteiger partial charge is 0.249 e. The topological polar surface area (TPSA) is 65.4 Å². The SMILES string of the molecule is Cc1cccc(OCCn2c(CCNC(=O)C3CCCO3)nc3ccccc32)c1C. The van der Waals surface area contributed by atoms with Crippen molar-refractivity contribution in [2.45, 2.75) is 45.8 Å². The summed E-state index contributed by atoms with van der Waals surface area (Å²) in [6.07, 6.45) is 2.13. The molecule has 1 amide bonds. The summed E-state index contributed by atoms with van der Waals surface area (Å²) in [6, 6.07) is 14.2. The number of aryl methyl sites for hydroxylation is 1. The van der Waals surface area contributed by atoms with E-state index >= 15 is 0 Å². The summed E-state index contributed by atoms with van der Waals surface area (Å²) < 4.78 is 13.7. The molecule has 1 atom stereocenters. The van der Waals surface area contributed by atoms with Crippen LogP contribution in [0, 0.1) is 13.8 Å². The molecule has 1 N–H and O–H groups in total. The monoisotopic (exact) mass is 407 g/mol. The minimum atomic E-state index is -0.296. The molecule has 0 spiro atoms. The number of imidazole rings is 1. The van der Waals surface area contributed by atoms with E-state index in [1.54, 1.807) is 0 Å². The molecule has 0 bridgehead atoms. The lowest BCUT2D eigenvalue weighted by Gasteiger charge is -2.14. The van der Waals surface area contributed by atoms with Crippen LogP contribution in [0.2, 0.25) is 0 Å². The Morgan fingerprint density at radius 2 is 2.10 bits per heavy atom. The zero-order chi connectivity index (χ0) is 20.9. The number of nitrogens with zero attached hydrogens (tertiary/aromatic N) is 2. The Morgan fingerprint density at radius 3 is 2.93 bits per heavy atom. The number of rotatable bonds is 8. The third-order valence-electron chi connectivity index (χ3n) is 5.73. The molecular weight excluding hydrogens is 378 g/mol. The van der Waals surface area contributed by atoms with Crippen molar-refractivity contribution >= 4 is 16.9 Å². The van der Waals surface area contributed by atoms with Crippen molar-refractivity contribution < 1.29 is 14.3 Å². The molecule has 1 aliphatic heterocycles. The molecular formula is C24H29N3O3. The maximum Gasteiger partial charge on any atom is 0.249 e. The molecule has 3 aromatic rings. The maximum absolute atomic E-state index is 12.2. The summed E-state index contributed by atoms with van der Waals surface area (Å²) in [5.74, 6) is 1.85. The molecule has 1 aromatic heterocycles. The molecule has 2 heterocycles. The molecule has 0 radical (unpaired) electrons. The van der Waals surface area contributed by atoms with Gasteiger partial charge in [0.25, 0.3) is 0 Å². The fourth-order valence-electron chi connectivity index (χ4n) is 3.89. The zero-order valence-corrected chi connectivity index (χ0v) is 17.7. The molecule has 6 nitrogen and oxygen atoms in total. The van der Waals surface area contributed by atoms with E-state index in [0.29, 0.717) is 32.7 Å². The van der Waals surface area contributed by atoms with Gasteiger partial charge in [0.15, 0.2) is 0 Å². The fraction of sp³-hybridized carbons (Fsp3) is 0.417. The van der Waals surface area contributed by atoms with Gasteiger partial charge in [-0.15, -0.1) is 0 Å². The van der Waals surface area contributed by atoms with Crippen molar-refractivity contribution in [2.75, 3.05) is 19.8 Å². The summed E-state index contributed by atoms with van der Waals surface area (Å²) in [6.45, 7) is 6.64. The van der Waals surface area contributed by atoms with E-state index in [1.165, 1.54) is 11.1 Å². The highest BCUT2D eigenvalue weighted by atomic mass is 16.5. The standard InChI is InChI=1S/C24H29N3O3/c1-17-7-5-10-21(18(17)2)30-16-14-27-20-9-4-3-8-19(20)26-23(27)12-13-25-24(28)22-11-6-15-29-22/h3-5,7-10,22H,6,11-16H2,1-2H3,(H,25,28). The zero-order valence-electron chi connectivity index (χ0n) is 17.7. The number of aromatic nitrogens is 2. The largest absolute Gasteiger partial charge is 0.491 e. The Balaban J connectivity index is 1.42. The summed E-state index contributed by atoms with van der Waals surface area (Å²) in [7, 11) is 0. The van der Waals surface area contributed by atoms with Crippen LogP contribution in [0.5, 0.6) is 5.75 Å². The number of carbonyl (C=O) groups excluding carboxylic acids is 1. The number of fused-ring (bicyclic) bond motifs is 1. The molecule has 1 fully saturated rings. The second-order valence-electron chi connectivity index (χ2n) is 7.76. The Hall–Kier alpha value is -2.86. The number of hydrogen-bond acceptors (Lipinski definition) is 4. The number of amides is 1. The minimum Gasteiger partial charge on any atom is -0.491 e. The number of carbonyl (C=O) groups is 1. The lowest BCUT2D eigenvalue weighted by molar-refractivity contribution is -0.130. The first-order valence-corrected chi connectivity index (χ1v) is 10.7. The van der Waals surface area contributed by atoms with Gasteiger partial charge in [0.1, 0.15) is 24.3 Å². The van der Waals surface area contributed by atoms with Gasteiger partial charge in [-0.3, -0.25) is 4.79 Å². The van der Waals surface area contributed by atoms with Crippen molar-refractivity contribution in [3.8, 4) is 5.75 Å². The molecule has 158 valence electrons. The van der Waals surface area contributed by atoms with Gasteiger partial charge in [-0.05, 0) is 56.0 Å². The summed E-state index contributed by atoms with van der Waals surface area (Å²) >= 11 is 0. The van der Waals surface area contributed by atoms with Crippen LogP contribution in [0.3, 0.4) is 0 Å². The Kier molecular flexibility index (Phi) is 6.33. The molecule has 0 saturated carbocycles. The number of benzene rings is 2. The van der Waals surface area contributed by atoms with Crippen molar-refractivity contribution in [3.05, 3.63) is 59.4 Å². The normalized spacial score (nSPS) is 16.1. The Bertz CT molecular complexity index is 1020. The fourth-order valence-corrected chi connectivity index (χ4v) is 3.89. The van der Waals surface area contributed by atoms with Crippen LogP contribution in [-0.4, -0.2) is 41.3 Å². The average molecular weight is 408 g/mol.